The summed E-state index contributed by atoms with van der Waals surface area (Å²) in [6.45, 7) is 1.49. The van der Waals surface area contributed by atoms with Crippen LogP contribution in [0.1, 0.15) is 29.3 Å². The number of nitrogens with one attached hydrogen (secondary N) is 1. The molecule has 5 nitrogen and oxygen atoms in total. The van der Waals surface area contributed by atoms with Crippen LogP contribution in [0.5, 0.6) is 0 Å². The maximum atomic E-state index is 12.7. The zero-order valence-corrected chi connectivity index (χ0v) is 9.86. The molecule has 2 N–H and O–H groups in total. The van der Waals surface area contributed by atoms with Crippen LogP contribution in [-0.2, 0) is 11.0 Å². The summed E-state index contributed by atoms with van der Waals surface area (Å²) in [4.78, 5) is 25.8. The fraction of sp³-hybridized carbons (Fsp3) is 0.364. The van der Waals surface area contributed by atoms with Crippen LogP contribution < -0.4 is 5.32 Å². The van der Waals surface area contributed by atoms with Crippen molar-refractivity contribution >= 4 is 11.9 Å². The molecule has 0 saturated carbocycles. The number of aromatic nitrogens is 1. The van der Waals surface area contributed by atoms with Gasteiger partial charge in [0.25, 0.3) is 5.91 Å². The molecule has 1 aromatic heterocycles. The summed E-state index contributed by atoms with van der Waals surface area (Å²) >= 11 is 0. The fourth-order valence-electron chi connectivity index (χ4n) is 1.40. The van der Waals surface area contributed by atoms with Gasteiger partial charge in [-0.15, -0.1) is 0 Å². The minimum Gasteiger partial charge on any atom is -0.480 e. The molecule has 0 aliphatic rings. The van der Waals surface area contributed by atoms with Gasteiger partial charge in [0.2, 0.25) is 0 Å². The number of carbonyl (C=O) groups is 2. The van der Waals surface area contributed by atoms with Crippen LogP contribution >= 0.6 is 0 Å². The van der Waals surface area contributed by atoms with Crippen LogP contribution in [0.25, 0.3) is 0 Å². The Hall–Kier alpha value is -2.12. The molecule has 8 heteroatoms. The number of aliphatic carboxylic acids is 1. The molecule has 1 aromatic rings. The van der Waals surface area contributed by atoms with E-state index in [0.717, 1.165) is 12.4 Å². The van der Waals surface area contributed by atoms with E-state index in [1.54, 1.807) is 0 Å². The van der Waals surface area contributed by atoms with E-state index in [0.29, 0.717) is 6.07 Å². The molecule has 1 unspecified atom stereocenters. The van der Waals surface area contributed by atoms with Crippen molar-refractivity contribution in [3.63, 3.8) is 0 Å². The molecule has 0 radical (unpaired) electrons. The SMILES string of the molecule is CCC(NC(=O)c1cnccc1C(F)(F)F)C(=O)O. The first-order valence-electron chi connectivity index (χ1n) is 5.32. The molecule has 1 atom stereocenters. The van der Waals surface area contributed by atoms with Crippen molar-refractivity contribution in [1.29, 1.82) is 0 Å². The van der Waals surface area contributed by atoms with Crippen molar-refractivity contribution in [1.82, 2.24) is 10.3 Å². The van der Waals surface area contributed by atoms with Gasteiger partial charge in [-0.05, 0) is 12.5 Å². The molecule has 1 amide bonds. The van der Waals surface area contributed by atoms with Crippen molar-refractivity contribution in [2.75, 3.05) is 0 Å². The van der Waals surface area contributed by atoms with Gasteiger partial charge in [-0.25, -0.2) is 4.79 Å². The quantitative estimate of drug-likeness (QED) is 0.877. The Morgan fingerprint density at radius 1 is 1.47 bits per heavy atom. The van der Waals surface area contributed by atoms with Crippen molar-refractivity contribution in [2.45, 2.75) is 25.6 Å². The Balaban J connectivity index is 3.04. The molecular formula is C11H11F3N2O3. The number of hydrogen-bond acceptors (Lipinski definition) is 3. The van der Waals surface area contributed by atoms with Crippen LogP contribution in [0.15, 0.2) is 18.5 Å². The highest BCUT2D eigenvalue weighted by atomic mass is 19.4. The summed E-state index contributed by atoms with van der Waals surface area (Å²) < 4.78 is 38.0. The Morgan fingerprint density at radius 3 is 2.58 bits per heavy atom. The number of nitrogens with zero attached hydrogens (tertiary/aromatic N) is 1. The van der Waals surface area contributed by atoms with Crippen molar-refractivity contribution < 1.29 is 27.9 Å². The molecule has 0 spiro atoms. The van der Waals surface area contributed by atoms with Gasteiger partial charge in [-0.3, -0.25) is 9.78 Å². The van der Waals surface area contributed by atoms with Gasteiger partial charge in [0.05, 0.1) is 11.1 Å². The number of amides is 1. The number of rotatable bonds is 4. The van der Waals surface area contributed by atoms with E-state index < -0.39 is 35.2 Å². The predicted molar refractivity (Wildman–Crippen MR) is 58.4 cm³/mol. The average Bonchev–Trinajstić information content (AvgIpc) is 2.34. The van der Waals surface area contributed by atoms with E-state index in [1.807, 2.05) is 5.32 Å². The molecule has 0 bridgehead atoms. The van der Waals surface area contributed by atoms with E-state index in [9.17, 15) is 22.8 Å². The highest BCUT2D eigenvalue weighted by Crippen LogP contribution is 2.31. The average molecular weight is 276 g/mol. The van der Waals surface area contributed by atoms with E-state index in [4.69, 9.17) is 5.11 Å². The Bertz CT molecular complexity index is 488. The molecule has 1 rings (SSSR count). The molecule has 0 aliphatic carbocycles. The second-order valence-corrected chi connectivity index (χ2v) is 3.69. The first-order valence-corrected chi connectivity index (χ1v) is 5.32. The first-order chi connectivity index (χ1) is 8.77. The van der Waals surface area contributed by atoms with Gasteiger partial charge in [0, 0.05) is 12.4 Å². The van der Waals surface area contributed by atoms with E-state index in [-0.39, 0.29) is 6.42 Å². The molecule has 0 aromatic carbocycles. The summed E-state index contributed by atoms with van der Waals surface area (Å²) in [6, 6.07) is -0.579. The summed E-state index contributed by atoms with van der Waals surface area (Å²) in [5, 5.41) is 10.8. The number of hydrogen-bond donors (Lipinski definition) is 2. The van der Waals surface area contributed by atoms with E-state index >= 15 is 0 Å². The Labute approximate surface area is 106 Å². The van der Waals surface area contributed by atoms with Gasteiger partial charge >= 0.3 is 12.1 Å². The third-order valence-electron chi connectivity index (χ3n) is 2.38. The third-order valence-corrected chi connectivity index (χ3v) is 2.38. The topological polar surface area (TPSA) is 79.3 Å². The van der Waals surface area contributed by atoms with Crippen LogP contribution in [-0.4, -0.2) is 28.0 Å². The monoisotopic (exact) mass is 276 g/mol. The Morgan fingerprint density at radius 2 is 2.11 bits per heavy atom. The normalized spacial score (nSPS) is 12.8. The molecule has 104 valence electrons. The molecule has 1 heterocycles. The number of alkyl halides is 3. The van der Waals surface area contributed by atoms with E-state index in [1.165, 1.54) is 6.92 Å². The number of carbonyl (C=O) groups excluding carboxylic acids is 1. The smallest absolute Gasteiger partial charge is 0.417 e. The lowest BCUT2D eigenvalue weighted by Gasteiger charge is -2.15. The third kappa shape index (κ3) is 3.67. The Kier molecular flexibility index (Phi) is 4.47. The second kappa shape index (κ2) is 5.68. The zero-order valence-electron chi connectivity index (χ0n) is 9.86. The number of carboxylic acids is 1. The minimum absolute atomic E-state index is 0.0582. The maximum absolute atomic E-state index is 12.7. The van der Waals surface area contributed by atoms with Gasteiger partial charge < -0.3 is 10.4 Å². The molecule has 19 heavy (non-hydrogen) atoms. The summed E-state index contributed by atoms with van der Waals surface area (Å²) in [5.74, 6) is -2.43. The maximum Gasteiger partial charge on any atom is 0.417 e. The highest BCUT2D eigenvalue weighted by Gasteiger charge is 2.35. The lowest BCUT2D eigenvalue weighted by molar-refractivity contribution is -0.139. The second-order valence-electron chi connectivity index (χ2n) is 3.69. The van der Waals surface area contributed by atoms with Crippen LogP contribution in [0, 0.1) is 0 Å². The largest absolute Gasteiger partial charge is 0.480 e. The van der Waals surface area contributed by atoms with Crippen molar-refractivity contribution in [2.24, 2.45) is 0 Å². The minimum atomic E-state index is -4.71. The predicted octanol–water partition coefficient (Wildman–Crippen LogP) is 1.69. The van der Waals surface area contributed by atoms with Gasteiger partial charge in [-0.1, -0.05) is 6.92 Å². The summed E-state index contributed by atoms with van der Waals surface area (Å²) in [6.07, 6.45) is -2.98. The molecule has 0 aliphatic heterocycles. The van der Waals surface area contributed by atoms with Gasteiger partial charge in [0.1, 0.15) is 6.04 Å². The van der Waals surface area contributed by atoms with Crippen LogP contribution in [0.4, 0.5) is 13.2 Å². The fourth-order valence-corrected chi connectivity index (χ4v) is 1.40. The molecule has 0 fully saturated rings. The lowest BCUT2D eigenvalue weighted by Crippen LogP contribution is -2.40. The highest BCUT2D eigenvalue weighted by molar-refractivity contribution is 5.97. The molecular weight excluding hydrogens is 265 g/mol. The first kappa shape index (κ1) is 14.9. The number of carboxylic acid groups (broad SMARTS) is 1. The van der Waals surface area contributed by atoms with Crippen molar-refractivity contribution in [3.8, 4) is 0 Å². The number of halogens is 3. The summed E-state index contributed by atoms with van der Waals surface area (Å²) in [5.41, 5.74) is -1.85. The van der Waals surface area contributed by atoms with Crippen molar-refractivity contribution in [3.05, 3.63) is 29.6 Å². The van der Waals surface area contributed by atoms with Gasteiger partial charge in [-0.2, -0.15) is 13.2 Å². The standard InChI is InChI=1S/C11H11F3N2O3/c1-2-8(10(18)19)16-9(17)6-5-15-4-3-7(6)11(12,13)14/h3-5,8H,2H2,1H3,(H,16,17)(H,18,19). The summed E-state index contributed by atoms with van der Waals surface area (Å²) in [7, 11) is 0. The number of pyridine rings is 1. The zero-order chi connectivity index (χ0) is 14.6. The lowest BCUT2D eigenvalue weighted by atomic mass is 10.1. The van der Waals surface area contributed by atoms with Crippen LogP contribution in [0.3, 0.4) is 0 Å². The van der Waals surface area contributed by atoms with Crippen LogP contribution in [0.2, 0.25) is 0 Å². The molecule has 0 saturated heterocycles. The van der Waals surface area contributed by atoms with Gasteiger partial charge in [0.15, 0.2) is 0 Å². The van der Waals surface area contributed by atoms with E-state index in [2.05, 4.69) is 4.98 Å².